The van der Waals surface area contributed by atoms with Gasteiger partial charge in [0.2, 0.25) is 0 Å². The SMILES string of the molecule is CC(CCOC(=O)[C@@H]1CCCN1c1cc(=O)oc2ccccc12)c1ccccc1. The van der Waals surface area contributed by atoms with Crippen molar-refractivity contribution in [2.75, 3.05) is 18.1 Å². The summed E-state index contributed by atoms with van der Waals surface area (Å²) < 4.78 is 10.9. The Morgan fingerprint density at radius 1 is 1.17 bits per heavy atom. The lowest BCUT2D eigenvalue weighted by atomic mass is 9.98. The highest BCUT2D eigenvalue weighted by atomic mass is 16.5. The number of anilines is 1. The van der Waals surface area contributed by atoms with E-state index in [0.29, 0.717) is 24.7 Å². The number of benzene rings is 2. The first-order chi connectivity index (χ1) is 14.1. The summed E-state index contributed by atoms with van der Waals surface area (Å²) in [7, 11) is 0. The fourth-order valence-electron chi connectivity index (χ4n) is 4.01. The highest BCUT2D eigenvalue weighted by Crippen LogP contribution is 2.31. The fourth-order valence-corrected chi connectivity index (χ4v) is 4.01. The molecular formula is C24H25NO4. The van der Waals surface area contributed by atoms with E-state index >= 15 is 0 Å². The average Bonchev–Trinajstić information content (AvgIpc) is 3.23. The molecule has 29 heavy (non-hydrogen) atoms. The molecule has 0 radical (unpaired) electrons. The summed E-state index contributed by atoms with van der Waals surface area (Å²) in [4.78, 5) is 26.8. The number of carbonyl (C=O) groups is 1. The largest absolute Gasteiger partial charge is 0.464 e. The molecule has 1 unspecified atom stereocenters. The van der Waals surface area contributed by atoms with Crippen molar-refractivity contribution in [1.29, 1.82) is 0 Å². The van der Waals surface area contributed by atoms with Gasteiger partial charge < -0.3 is 14.1 Å². The molecule has 0 spiro atoms. The van der Waals surface area contributed by atoms with Crippen LogP contribution >= 0.6 is 0 Å². The Hall–Kier alpha value is -3.08. The molecular weight excluding hydrogens is 366 g/mol. The first kappa shape index (κ1) is 19.2. The fraction of sp³-hybridized carbons (Fsp3) is 0.333. The number of carbonyl (C=O) groups excluding carboxylic acids is 1. The first-order valence-corrected chi connectivity index (χ1v) is 10.1. The van der Waals surface area contributed by atoms with Crippen LogP contribution in [0.4, 0.5) is 5.69 Å². The number of hydrogen-bond donors (Lipinski definition) is 0. The van der Waals surface area contributed by atoms with E-state index in [0.717, 1.165) is 30.3 Å². The zero-order valence-corrected chi connectivity index (χ0v) is 16.5. The van der Waals surface area contributed by atoms with Crippen LogP contribution in [0.1, 0.15) is 37.7 Å². The van der Waals surface area contributed by atoms with Crippen molar-refractivity contribution in [2.24, 2.45) is 0 Å². The number of esters is 1. The van der Waals surface area contributed by atoms with Gasteiger partial charge in [-0.15, -0.1) is 0 Å². The molecule has 2 atom stereocenters. The van der Waals surface area contributed by atoms with E-state index in [1.807, 2.05) is 41.3 Å². The van der Waals surface area contributed by atoms with E-state index in [2.05, 4.69) is 19.1 Å². The summed E-state index contributed by atoms with van der Waals surface area (Å²) >= 11 is 0. The standard InChI is InChI=1S/C24H25NO4/c1-17(18-8-3-2-4-9-18)13-15-28-24(27)20-11-7-14-25(20)21-16-23(26)29-22-12-6-5-10-19(21)22/h2-6,8-10,12,16-17,20H,7,11,13-15H2,1H3/t17?,20-/m0/s1. The Kier molecular flexibility index (Phi) is 5.65. The number of para-hydroxylation sites is 1. The van der Waals surface area contributed by atoms with E-state index in [1.54, 1.807) is 6.07 Å². The molecule has 0 aliphatic carbocycles. The Bertz CT molecular complexity index is 1040. The maximum Gasteiger partial charge on any atom is 0.338 e. The van der Waals surface area contributed by atoms with Crippen molar-refractivity contribution in [2.45, 2.75) is 38.1 Å². The van der Waals surface area contributed by atoms with Crippen LogP contribution < -0.4 is 10.5 Å². The van der Waals surface area contributed by atoms with Crippen LogP contribution in [0.3, 0.4) is 0 Å². The van der Waals surface area contributed by atoms with E-state index in [4.69, 9.17) is 9.15 Å². The minimum absolute atomic E-state index is 0.222. The van der Waals surface area contributed by atoms with Gasteiger partial charge in [-0.05, 0) is 42.9 Å². The van der Waals surface area contributed by atoms with Crippen LogP contribution in [-0.2, 0) is 9.53 Å². The zero-order valence-electron chi connectivity index (χ0n) is 16.5. The number of nitrogens with zero attached hydrogens (tertiary/aromatic N) is 1. The van der Waals surface area contributed by atoms with Gasteiger partial charge in [-0.3, -0.25) is 0 Å². The van der Waals surface area contributed by atoms with E-state index < -0.39 is 5.63 Å². The third-order valence-electron chi connectivity index (χ3n) is 5.63. The van der Waals surface area contributed by atoms with Crippen LogP contribution in [0, 0.1) is 0 Å². The van der Waals surface area contributed by atoms with Gasteiger partial charge >= 0.3 is 11.6 Å². The van der Waals surface area contributed by atoms with Crippen LogP contribution in [0.5, 0.6) is 0 Å². The molecule has 150 valence electrons. The van der Waals surface area contributed by atoms with Gasteiger partial charge in [-0.2, -0.15) is 0 Å². The van der Waals surface area contributed by atoms with Crippen LogP contribution in [-0.4, -0.2) is 25.2 Å². The molecule has 0 amide bonds. The Balaban J connectivity index is 1.45. The quantitative estimate of drug-likeness (QED) is 0.457. The van der Waals surface area contributed by atoms with Crippen molar-refractivity contribution in [3.8, 4) is 0 Å². The van der Waals surface area contributed by atoms with Crippen molar-refractivity contribution < 1.29 is 13.9 Å². The smallest absolute Gasteiger partial charge is 0.338 e. The summed E-state index contributed by atoms with van der Waals surface area (Å²) in [5.41, 5.74) is 2.11. The lowest BCUT2D eigenvalue weighted by molar-refractivity contribution is -0.145. The molecule has 0 saturated carbocycles. The zero-order chi connectivity index (χ0) is 20.2. The normalized spacial score (nSPS) is 17.4. The molecule has 2 heterocycles. The molecule has 1 aromatic heterocycles. The molecule has 1 fully saturated rings. The Morgan fingerprint density at radius 3 is 2.76 bits per heavy atom. The predicted molar refractivity (Wildman–Crippen MR) is 113 cm³/mol. The molecule has 4 rings (SSSR count). The minimum Gasteiger partial charge on any atom is -0.464 e. The Labute approximate surface area is 169 Å². The van der Waals surface area contributed by atoms with Gasteiger partial charge in [-0.1, -0.05) is 49.4 Å². The number of ether oxygens (including phenoxy) is 1. The highest BCUT2D eigenvalue weighted by molar-refractivity contribution is 5.93. The third-order valence-corrected chi connectivity index (χ3v) is 5.63. The van der Waals surface area contributed by atoms with Gasteiger partial charge in [0.1, 0.15) is 11.6 Å². The van der Waals surface area contributed by atoms with Crippen molar-refractivity contribution in [1.82, 2.24) is 0 Å². The lowest BCUT2D eigenvalue weighted by Gasteiger charge is -2.26. The molecule has 1 aliphatic rings. The van der Waals surface area contributed by atoms with Gasteiger partial charge in [0.15, 0.2) is 0 Å². The van der Waals surface area contributed by atoms with E-state index in [9.17, 15) is 9.59 Å². The van der Waals surface area contributed by atoms with E-state index in [1.165, 1.54) is 11.6 Å². The summed E-state index contributed by atoms with van der Waals surface area (Å²) in [6, 6.07) is 18.8. The van der Waals surface area contributed by atoms with Crippen LogP contribution in [0.2, 0.25) is 0 Å². The minimum atomic E-state index is -0.408. The second-order valence-electron chi connectivity index (χ2n) is 7.57. The van der Waals surface area contributed by atoms with Gasteiger partial charge in [-0.25, -0.2) is 9.59 Å². The average molecular weight is 391 g/mol. The van der Waals surface area contributed by atoms with E-state index in [-0.39, 0.29) is 12.0 Å². The van der Waals surface area contributed by atoms with Gasteiger partial charge in [0.25, 0.3) is 0 Å². The van der Waals surface area contributed by atoms with Crippen molar-refractivity contribution in [3.63, 3.8) is 0 Å². The predicted octanol–water partition coefficient (Wildman–Crippen LogP) is 4.50. The molecule has 2 aromatic carbocycles. The Morgan fingerprint density at radius 2 is 1.93 bits per heavy atom. The number of fused-ring (bicyclic) bond motifs is 1. The summed E-state index contributed by atoms with van der Waals surface area (Å²) in [6.07, 6.45) is 2.39. The lowest BCUT2D eigenvalue weighted by Crippen LogP contribution is -2.38. The second kappa shape index (κ2) is 8.52. The molecule has 5 nitrogen and oxygen atoms in total. The van der Waals surface area contributed by atoms with Crippen molar-refractivity contribution >= 4 is 22.6 Å². The van der Waals surface area contributed by atoms with Crippen LogP contribution in [0.25, 0.3) is 11.0 Å². The maximum atomic E-state index is 12.8. The number of rotatable bonds is 6. The molecule has 0 bridgehead atoms. The second-order valence-corrected chi connectivity index (χ2v) is 7.57. The monoisotopic (exact) mass is 391 g/mol. The summed E-state index contributed by atoms with van der Waals surface area (Å²) in [6.45, 7) is 3.24. The molecule has 1 aliphatic heterocycles. The highest BCUT2D eigenvalue weighted by Gasteiger charge is 2.33. The molecule has 1 saturated heterocycles. The van der Waals surface area contributed by atoms with Crippen LogP contribution in [0.15, 0.2) is 69.9 Å². The maximum absolute atomic E-state index is 12.8. The van der Waals surface area contributed by atoms with Crippen molar-refractivity contribution in [3.05, 3.63) is 76.6 Å². The molecule has 0 N–H and O–H groups in total. The summed E-state index contributed by atoms with van der Waals surface area (Å²) in [5.74, 6) is 0.103. The molecule has 5 heteroatoms. The molecule has 3 aromatic rings. The first-order valence-electron chi connectivity index (χ1n) is 10.1. The number of hydrogen-bond acceptors (Lipinski definition) is 5. The summed E-state index contributed by atoms with van der Waals surface area (Å²) in [5, 5.41) is 0.837. The third kappa shape index (κ3) is 4.19. The topological polar surface area (TPSA) is 59.8 Å². The van der Waals surface area contributed by atoms with Gasteiger partial charge in [0, 0.05) is 18.0 Å². The van der Waals surface area contributed by atoms with Gasteiger partial charge in [0.05, 0.1) is 12.3 Å².